The van der Waals surface area contributed by atoms with Crippen LogP contribution < -0.4 is 0 Å². The van der Waals surface area contributed by atoms with Gasteiger partial charge in [0.15, 0.2) is 0 Å². The number of hydrogen-bond donors (Lipinski definition) is 0. The molecule has 1 fully saturated rings. The molecule has 1 amide bonds. The third kappa shape index (κ3) is 6.06. The minimum atomic E-state index is -0.450. The quantitative estimate of drug-likeness (QED) is 0.718. The zero-order valence-electron chi connectivity index (χ0n) is 15.1. The van der Waals surface area contributed by atoms with Crippen LogP contribution in [0.5, 0.6) is 0 Å². The number of carbonyl (C=O) groups excluding carboxylic acids is 1. The van der Waals surface area contributed by atoms with Crippen molar-refractivity contribution >= 4 is 22.0 Å². The fraction of sp³-hybridized carbons (Fsp3) is 0.667. The van der Waals surface area contributed by atoms with Crippen LogP contribution in [0.3, 0.4) is 0 Å². The van der Waals surface area contributed by atoms with Gasteiger partial charge in [-0.25, -0.2) is 9.78 Å². The van der Waals surface area contributed by atoms with Gasteiger partial charge < -0.3 is 14.5 Å². The maximum absolute atomic E-state index is 12.5. The number of ether oxygens (including phenoxy) is 1. The van der Waals surface area contributed by atoms with E-state index in [2.05, 4.69) is 38.9 Å². The molecule has 2 heterocycles. The highest BCUT2D eigenvalue weighted by Crippen LogP contribution is 2.21. The number of carbonyl (C=O) groups is 1. The second kappa shape index (κ2) is 8.30. The molecule has 1 aromatic rings. The van der Waals surface area contributed by atoms with Gasteiger partial charge in [-0.2, -0.15) is 0 Å². The van der Waals surface area contributed by atoms with Crippen LogP contribution in [0.4, 0.5) is 4.79 Å². The first-order valence-corrected chi connectivity index (χ1v) is 9.32. The monoisotopic (exact) mass is 397 g/mol. The summed E-state index contributed by atoms with van der Waals surface area (Å²) in [6.45, 7) is 8.19. The fourth-order valence-electron chi connectivity index (χ4n) is 2.99. The van der Waals surface area contributed by atoms with E-state index in [9.17, 15) is 4.79 Å². The molecule has 0 spiro atoms. The number of pyridine rings is 1. The van der Waals surface area contributed by atoms with E-state index in [4.69, 9.17) is 4.74 Å². The summed E-state index contributed by atoms with van der Waals surface area (Å²) in [6.07, 6.45) is 4.94. The molecule has 24 heavy (non-hydrogen) atoms. The zero-order valence-corrected chi connectivity index (χ0v) is 16.7. The number of halogens is 1. The predicted molar refractivity (Wildman–Crippen MR) is 98.9 cm³/mol. The lowest BCUT2D eigenvalue weighted by molar-refractivity contribution is 0.00586. The molecule has 0 N–H and O–H groups in total. The molecule has 1 aliphatic heterocycles. The molecule has 6 heteroatoms. The molecular formula is C18H28BrN3O2. The SMILES string of the molecule is CN(Cc1ccc(Br)nc1)C[C@@H]1CCCCN1C(=O)OC(C)(C)C. The van der Waals surface area contributed by atoms with Crippen molar-refractivity contribution in [1.82, 2.24) is 14.8 Å². The topological polar surface area (TPSA) is 45.7 Å². The van der Waals surface area contributed by atoms with Gasteiger partial charge >= 0.3 is 6.09 Å². The van der Waals surface area contributed by atoms with Crippen molar-refractivity contribution in [3.8, 4) is 0 Å². The lowest BCUT2D eigenvalue weighted by Gasteiger charge is -2.38. The summed E-state index contributed by atoms with van der Waals surface area (Å²) in [5, 5.41) is 0. The second-order valence-electron chi connectivity index (χ2n) is 7.51. The maximum Gasteiger partial charge on any atom is 0.410 e. The molecule has 0 unspecified atom stereocenters. The number of likely N-dealkylation sites (N-methyl/N-ethyl adjacent to an activating group) is 1. The number of rotatable bonds is 4. The van der Waals surface area contributed by atoms with Crippen molar-refractivity contribution in [2.24, 2.45) is 0 Å². The summed E-state index contributed by atoms with van der Waals surface area (Å²) in [5.41, 5.74) is 0.717. The maximum atomic E-state index is 12.5. The smallest absolute Gasteiger partial charge is 0.410 e. The van der Waals surface area contributed by atoms with Crippen molar-refractivity contribution in [3.05, 3.63) is 28.5 Å². The summed E-state index contributed by atoms with van der Waals surface area (Å²) in [5.74, 6) is 0. The molecule has 5 nitrogen and oxygen atoms in total. The standard InChI is InChI=1S/C18H28BrN3O2/c1-18(2,3)24-17(23)22-10-6-5-7-15(22)13-21(4)12-14-8-9-16(19)20-11-14/h8-9,11,15H,5-7,10,12-13H2,1-4H3/t15-/m0/s1. The van der Waals surface area contributed by atoms with E-state index in [0.717, 1.165) is 43.5 Å². The van der Waals surface area contributed by atoms with E-state index in [0.29, 0.717) is 0 Å². The Bertz CT molecular complexity index is 542. The summed E-state index contributed by atoms with van der Waals surface area (Å²) in [4.78, 5) is 20.9. The number of hydrogen-bond acceptors (Lipinski definition) is 4. The Balaban J connectivity index is 1.94. The predicted octanol–water partition coefficient (Wildman–Crippen LogP) is 4.07. The van der Waals surface area contributed by atoms with Crippen molar-refractivity contribution in [3.63, 3.8) is 0 Å². The third-order valence-corrected chi connectivity index (χ3v) is 4.49. The van der Waals surface area contributed by atoms with Gasteiger partial charge in [-0.05, 0) is 74.6 Å². The third-order valence-electron chi connectivity index (χ3n) is 4.02. The summed E-state index contributed by atoms with van der Waals surface area (Å²) >= 11 is 3.36. The number of piperidine rings is 1. The molecule has 0 saturated carbocycles. The molecule has 0 bridgehead atoms. The second-order valence-corrected chi connectivity index (χ2v) is 8.32. The highest BCUT2D eigenvalue weighted by atomic mass is 79.9. The molecule has 0 aromatic carbocycles. The molecule has 0 aliphatic carbocycles. The van der Waals surface area contributed by atoms with Crippen LogP contribution in [-0.4, -0.2) is 52.7 Å². The first-order chi connectivity index (χ1) is 11.2. The lowest BCUT2D eigenvalue weighted by atomic mass is 10.0. The minimum absolute atomic E-state index is 0.189. The van der Waals surface area contributed by atoms with E-state index in [1.807, 2.05) is 37.9 Å². The normalized spacial score (nSPS) is 18.8. The number of aromatic nitrogens is 1. The van der Waals surface area contributed by atoms with E-state index in [-0.39, 0.29) is 12.1 Å². The average Bonchev–Trinajstić information content (AvgIpc) is 2.48. The number of nitrogens with zero attached hydrogens (tertiary/aromatic N) is 3. The van der Waals surface area contributed by atoms with E-state index >= 15 is 0 Å². The van der Waals surface area contributed by atoms with Crippen molar-refractivity contribution in [2.75, 3.05) is 20.1 Å². The zero-order chi connectivity index (χ0) is 17.7. The first-order valence-electron chi connectivity index (χ1n) is 8.53. The number of likely N-dealkylation sites (tertiary alicyclic amines) is 1. The van der Waals surface area contributed by atoms with Gasteiger partial charge in [0.1, 0.15) is 10.2 Å². The Labute approximate surface area is 153 Å². The molecule has 1 saturated heterocycles. The molecule has 1 aromatic heterocycles. The molecule has 134 valence electrons. The fourth-order valence-corrected chi connectivity index (χ4v) is 3.22. The van der Waals surface area contributed by atoms with Gasteiger partial charge in [-0.15, -0.1) is 0 Å². The Morgan fingerprint density at radius 3 is 2.79 bits per heavy atom. The highest BCUT2D eigenvalue weighted by Gasteiger charge is 2.31. The van der Waals surface area contributed by atoms with Gasteiger partial charge in [0.25, 0.3) is 0 Å². The van der Waals surface area contributed by atoms with Crippen LogP contribution in [0, 0.1) is 0 Å². The molecule has 1 aliphatic rings. The van der Waals surface area contributed by atoms with Gasteiger partial charge in [0, 0.05) is 31.9 Å². The van der Waals surface area contributed by atoms with Crippen molar-refractivity contribution < 1.29 is 9.53 Å². The van der Waals surface area contributed by atoms with Crippen LogP contribution in [0.15, 0.2) is 22.9 Å². The molecule has 1 atom stereocenters. The van der Waals surface area contributed by atoms with Crippen LogP contribution in [0.25, 0.3) is 0 Å². The minimum Gasteiger partial charge on any atom is -0.444 e. The average molecular weight is 398 g/mol. The lowest BCUT2D eigenvalue weighted by Crippen LogP contribution is -2.50. The molecule has 2 rings (SSSR count). The Kier molecular flexibility index (Phi) is 6.63. The van der Waals surface area contributed by atoms with Gasteiger partial charge in [0.05, 0.1) is 0 Å². The van der Waals surface area contributed by atoms with Crippen molar-refractivity contribution in [2.45, 2.75) is 58.2 Å². The van der Waals surface area contributed by atoms with Crippen LogP contribution in [0.2, 0.25) is 0 Å². The van der Waals surface area contributed by atoms with E-state index in [1.54, 1.807) is 0 Å². The largest absolute Gasteiger partial charge is 0.444 e. The summed E-state index contributed by atoms with van der Waals surface area (Å²) in [7, 11) is 2.09. The first kappa shape index (κ1) is 19.2. The van der Waals surface area contributed by atoms with Crippen LogP contribution in [0.1, 0.15) is 45.6 Å². The molecule has 0 radical (unpaired) electrons. The summed E-state index contributed by atoms with van der Waals surface area (Å²) < 4.78 is 6.42. The van der Waals surface area contributed by atoms with Gasteiger partial charge in [0.2, 0.25) is 0 Å². The van der Waals surface area contributed by atoms with Crippen LogP contribution >= 0.6 is 15.9 Å². The highest BCUT2D eigenvalue weighted by molar-refractivity contribution is 9.10. The Hall–Kier alpha value is -1.14. The molecular weight excluding hydrogens is 370 g/mol. The van der Waals surface area contributed by atoms with Gasteiger partial charge in [-0.3, -0.25) is 0 Å². The van der Waals surface area contributed by atoms with E-state index in [1.165, 1.54) is 5.56 Å². The van der Waals surface area contributed by atoms with Crippen molar-refractivity contribution in [1.29, 1.82) is 0 Å². The Morgan fingerprint density at radius 2 is 2.17 bits per heavy atom. The Morgan fingerprint density at radius 1 is 1.42 bits per heavy atom. The number of amides is 1. The van der Waals surface area contributed by atoms with Crippen LogP contribution in [-0.2, 0) is 11.3 Å². The van der Waals surface area contributed by atoms with E-state index < -0.39 is 5.60 Å². The summed E-state index contributed by atoms with van der Waals surface area (Å²) in [6, 6.07) is 4.23. The van der Waals surface area contributed by atoms with Gasteiger partial charge in [-0.1, -0.05) is 6.07 Å².